The van der Waals surface area contributed by atoms with E-state index in [4.69, 9.17) is 0 Å². The fourth-order valence-corrected chi connectivity index (χ4v) is 2.48. The lowest BCUT2D eigenvalue weighted by molar-refractivity contribution is -0.274. The molecule has 2 rings (SSSR count). The van der Waals surface area contributed by atoms with Crippen molar-refractivity contribution >= 4 is 34.7 Å². The van der Waals surface area contributed by atoms with E-state index in [9.17, 15) is 27.6 Å². The van der Waals surface area contributed by atoms with E-state index in [1.807, 2.05) is 0 Å². The molecule has 0 aliphatic carbocycles. The van der Waals surface area contributed by atoms with Gasteiger partial charge in [-0.15, -0.1) is 24.5 Å². The third-order valence-electron chi connectivity index (χ3n) is 2.97. The van der Waals surface area contributed by atoms with E-state index in [0.29, 0.717) is 4.88 Å². The van der Waals surface area contributed by atoms with Crippen LogP contribution >= 0.6 is 11.3 Å². The number of hydrogen-bond acceptors (Lipinski definition) is 5. The maximum absolute atomic E-state index is 12.1. The van der Waals surface area contributed by atoms with Crippen molar-refractivity contribution in [3.63, 3.8) is 0 Å². The van der Waals surface area contributed by atoms with Crippen LogP contribution in [0.2, 0.25) is 0 Å². The molecule has 0 bridgehead atoms. The van der Waals surface area contributed by atoms with E-state index in [1.54, 1.807) is 17.5 Å². The molecular formula is C16H14F3N3O4S. The second-order valence-corrected chi connectivity index (χ2v) is 6.00. The van der Waals surface area contributed by atoms with E-state index in [2.05, 4.69) is 20.7 Å². The summed E-state index contributed by atoms with van der Waals surface area (Å²) >= 11 is 1.23. The van der Waals surface area contributed by atoms with Gasteiger partial charge in [0.05, 0.1) is 18.0 Å². The summed E-state index contributed by atoms with van der Waals surface area (Å²) in [5.74, 6) is -1.97. The van der Waals surface area contributed by atoms with Gasteiger partial charge in [-0.05, 0) is 35.7 Å². The first-order valence-corrected chi connectivity index (χ1v) is 8.35. The van der Waals surface area contributed by atoms with Crippen molar-refractivity contribution in [2.24, 2.45) is 0 Å². The second kappa shape index (κ2) is 9.03. The van der Waals surface area contributed by atoms with E-state index >= 15 is 0 Å². The zero-order valence-electron chi connectivity index (χ0n) is 13.6. The monoisotopic (exact) mass is 401 g/mol. The Labute approximate surface area is 155 Å². The van der Waals surface area contributed by atoms with Crippen molar-refractivity contribution in [2.75, 3.05) is 18.4 Å². The molecule has 3 amide bonds. The van der Waals surface area contributed by atoms with Crippen LogP contribution in [0.4, 0.5) is 18.9 Å². The van der Waals surface area contributed by atoms with Gasteiger partial charge in [0.15, 0.2) is 0 Å². The largest absolute Gasteiger partial charge is 0.573 e. The lowest BCUT2D eigenvalue weighted by atomic mass is 10.3. The third-order valence-corrected chi connectivity index (χ3v) is 3.84. The summed E-state index contributed by atoms with van der Waals surface area (Å²) in [7, 11) is 0. The number of carbonyl (C=O) groups is 3. The van der Waals surface area contributed by atoms with Crippen molar-refractivity contribution in [2.45, 2.75) is 6.36 Å². The molecule has 27 heavy (non-hydrogen) atoms. The minimum atomic E-state index is -4.80. The Hall–Kier alpha value is -3.08. The minimum absolute atomic E-state index is 0.231. The molecule has 11 heteroatoms. The first kappa shape index (κ1) is 20.2. The van der Waals surface area contributed by atoms with Crippen LogP contribution < -0.4 is 20.7 Å². The molecule has 144 valence electrons. The summed E-state index contributed by atoms with van der Waals surface area (Å²) in [5, 5.41) is 8.84. The number of ether oxygens (including phenoxy) is 1. The van der Waals surface area contributed by atoms with E-state index in [-0.39, 0.29) is 18.8 Å². The predicted octanol–water partition coefficient (Wildman–Crippen LogP) is 2.13. The number of thiophene rings is 1. The van der Waals surface area contributed by atoms with Crippen molar-refractivity contribution in [1.82, 2.24) is 10.6 Å². The van der Waals surface area contributed by atoms with Gasteiger partial charge in [0.1, 0.15) is 5.75 Å². The highest BCUT2D eigenvalue weighted by Gasteiger charge is 2.30. The van der Waals surface area contributed by atoms with Crippen LogP contribution in [0.5, 0.6) is 5.75 Å². The number of hydrogen-bond donors (Lipinski definition) is 3. The molecule has 0 unspecified atom stereocenters. The number of amides is 3. The molecule has 0 fully saturated rings. The van der Waals surface area contributed by atoms with Crippen molar-refractivity contribution in [3.8, 4) is 5.75 Å². The molecule has 1 aromatic carbocycles. The molecule has 0 aliphatic rings. The van der Waals surface area contributed by atoms with E-state index in [1.165, 1.54) is 23.5 Å². The van der Waals surface area contributed by atoms with Gasteiger partial charge in [-0.25, -0.2) is 0 Å². The van der Waals surface area contributed by atoms with E-state index < -0.39 is 29.8 Å². The number of alkyl halides is 3. The summed E-state index contributed by atoms with van der Waals surface area (Å²) in [6.45, 7) is -0.665. The Kier molecular flexibility index (Phi) is 6.77. The molecule has 1 aromatic heterocycles. The number of nitrogens with one attached hydrogen (secondary N) is 3. The van der Waals surface area contributed by atoms with Gasteiger partial charge in [0.2, 0.25) is 11.8 Å². The third kappa shape index (κ3) is 7.36. The predicted molar refractivity (Wildman–Crippen MR) is 91.4 cm³/mol. The quantitative estimate of drug-likeness (QED) is 0.662. The van der Waals surface area contributed by atoms with Gasteiger partial charge in [0, 0.05) is 5.69 Å². The van der Waals surface area contributed by atoms with Gasteiger partial charge < -0.3 is 20.7 Å². The van der Waals surface area contributed by atoms with Crippen LogP contribution in [0, 0.1) is 0 Å². The highest BCUT2D eigenvalue weighted by Crippen LogP contribution is 2.23. The number of rotatable bonds is 7. The Morgan fingerprint density at radius 2 is 1.63 bits per heavy atom. The highest BCUT2D eigenvalue weighted by molar-refractivity contribution is 7.12. The van der Waals surface area contributed by atoms with Crippen LogP contribution in [0.3, 0.4) is 0 Å². The molecule has 7 nitrogen and oxygen atoms in total. The minimum Gasteiger partial charge on any atom is -0.406 e. The van der Waals surface area contributed by atoms with Gasteiger partial charge in [-0.3, -0.25) is 14.4 Å². The molecule has 0 saturated heterocycles. The number of halogens is 3. The Morgan fingerprint density at radius 3 is 2.22 bits per heavy atom. The normalized spacial score (nSPS) is 10.8. The molecule has 2 aromatic rings. The highest BCUT2D eigenvalue weighted by atomic mass is 32.1. The summed E-state index contributed by atoms with van der Waals surface area (Å²) in [5.41, 5.74) is 0.231. The molecule has 3 N–H and O–H groups in total. The molecular weight excluding hydrogens is 387 g/mol. The maximum Gasteiger partial charge on any atom is 0.573 e. The lowest BCUT2D eigenvalue weighted by Crippen LogP contribution is -2.40. The summed E-state index contributed by atoms with van der Waals surface area (Å²) < 4.78 is 39.9. The number of benzene rings is 1. The summed E-state index contributed by atoms with van der Waals surface area (Å²) in [6, 6.07) is 7.84. The standard InChI is InChI=1S/C16H14F3N3O4S/c17-16(18,19)26-11-5-3-10(4-6-11)22-14(24)9-20-13(23)8-21-15(25)12-2-1-7-27-12/h1-7H,8-9H2,(H,20,23)(H,21,25)(H,22,24). The zero-order chi connectivity index (χ0) is 19.9. The van der Waals surface area contributed by atoms with Crippen LogP contribution in [-0.2, 0) is 9.59 Å². The van der Waals surface area contributed by atoms with Crippen LogP contribution in [0.15, 0.2) is 41.8 Å². The smallest absolute Gasteiger partial charge is 0.406 e. The van der Waals surface area contributed by atoms with E-state index in [0.717, 1.165) is 12.1 Å². The van der Waals surface area contributed by atoms with Crippen LogP contribution in [0.1, 0.15) is 9.67 Å². The Bertz CT molecular complexity index is 792. The second-order valence-electron chi connectivity index (χ2n) is 5.06. The number of anilines is 1. The number of carbonyl (C=O) groups excluding carboxylic acids is 3. The molecule has 1 heterocycles. The first-order valence-electron chi connectivity index (χ1n) is 7.47. The maximum atomic E-state index is 12.1. The lowest BCUT2D eigenvalue weighted by Gasteiger charge is -2.10. The molecule has 0 saturated carbocycles. The first-order chi connectivity index (χ1) is 12.7. The summed E-state index contributed by atoms with van der Waals surface area (Å²) in [6.07, 6.45) is -4.80. The Balaban J connectivity index is 1.70. The molecule has 0 atom stereocenters. The van der Waals surface area contributed by atoms with Gasteiger partial charge in [-0.1, -0.05) is 6.07 Å². The Morgan fingerprint density at radius 1 is 0.963 bits per heavy atom. The molecule has 0 aliphatic heterocycles. The average molecular weight is 401 g/mol. The van der Waals surface area contributed by atoms with Gasteiger partial charge >= 0.3 is 6.36 Å². The van der Waals surface area contributed by atoms with Crippen molar-refractivity contribution in [1.29, 1.82) is 0 Å². The van der Waals surface area contributed by atoms with Crippen molar-refractivity contribution in [3.05, 3.63) is 46.7 Å². The fraction of sp³-hybridized carbons (Fsp3) is 0.188. The summed E-state index contributed by atoms with van der Waals surface area (Å²) in [4.78, 5) is 35.5. The van der Waals surface area contributed by atoms with Crippen molar-refractivity contribution < 1.29 is 32.3 Å². The molecule has 0 radical (unpaired) electrons. The average Bonchev–Trinajstić information content (AvgIpc) is 3.13. The van der Waals surface area contributed by atoms with Gasteiger partial charge in [0.25, 0.3) is 5.91 Å². The molecule has 0 spiro atoms. The zero-order valence-corrected chi connectivity index (χ0v) is 14.4. The SMILES string of the molecule is O=C(CNC(=O)c1cccs1)NCC(=O)Nc1ccc(OC(F)(F)F)cc1. The van der Waals surface area contributed by atoms with Crippen LogP contribution in [-0.4, -0.2) is 37.2 Å². The van der Waals surface area contributed by atoms with Gasteiger partial charge in [-0.2, -0.15) is 0 Å². The van der Waals surface area contributed by atoms with Crippen LogP contribution in [0.25, 0.3) is 0 Å². The topological polar surface area (TPSA) is 96.5 Å². The fourth-order valence-electron chi connectivity index (χ4n) is 1.84.